The number of carbonyl (C=O) groups excluding carboxylic acids is 3. The minimum absolute atomic E-state index is 0.0601. The van der Waals surface area contributed by atoms with E-state index < -0.39 is 23.7 Å². The van der Waals surface area contributed by atoms with Crippen LogP contribution in [0.15, 0.2) is 84.4 Å². The predicted octanol–water partition coefficient (Wildman–Crippen LogP) is 4.79. The van der Waals surface area contributed by atoms with Gasteiger partial charge in [0.1, 0.15) is 5.76 Å². The maximum absolute atomic E-state index is 13.1. The fraction of sp³-hybridized carbons (Fsp3) is 0.179. The van der Waals surface area contributed by atoms with Crippen LogP contribution in [0.1, 0.15) is 45.6 Å². The van der Waals surface area contributed by atoms with Crippen LogP contribution in [0.5, 0.6) is 0 Å². The van der Waals surface area contributed by atoms with Gasteiger partial charge in [-0.2, -0.15) is 0 Å². The highest BCUT2D eigenvalue weighted by Crippen LogP contribution is 2.40. The number of likely N-dealkylation sites (tertiary alicyclic amines) is 1. The summed E-state index contributed by atoms with van der Waals surface area (Å²) < 4.78 is 5.02. The SMILES string of the molecule is CCOC(=O)c1ccc(CN2C(=O)C(=O)/C(=C(/O)c3ccccc3)C2c2cccc(C)c2)cc1. The number of carbonyl (C=O) groups is 3. The molecule has 0 saturated carbocycles. The number of rotatable bonds is 6. The van der Waals surface area contributed by atoms with Crippen LogP contribution in [-0.2, 0) is 20.9 Å². The number of Topliss-reactive ketones (excluding diaryl/α,β-unsaturated/α-hetero) is 1. The molecule has 0 aromatic heterocycles. The molecule has 34 heavy (non-hydrogen) atoms. The summed E-state index contributed by atoms with van der Waals surface area (Å²) in [5, 5.41) is 11.1. The summed E-state index contributed by atoms with van der Waals surface area (Å²) in [6, 6.07) is 22.3. The molecule has 6 nitrogen and oxygen atoms in total. The summed E-state index contributed by atoms with van der Waals surface area (Å²) in [5.74, 6) is -2.03. The van der Waals surface area contributed by atoms with E-state index in [0.29, 0.717) is 11.1 Å². The second-order valence-corrected chi connectivity index (χ2v) is 8.12. The quantitative estimate of drug-likeness (QED) is 0.250. The van der Waals surface area contributed by atoms with E-state index in [9.17, 15) is 19.5 Å². The second kappa shape index (κ2) is 9.75. The Labute approximate surface area is 198 Å². The van der Waals surface area contributed by atoms with Crippen LogP contribution >= 0.6 is 0 Å². The average molecular weight is 456 g/mol. The second-order valence-electron chi connectivity index (χ2n) is 8.12. The number of ketones is 1. The Kier molecular flexibility index (Phi) is 6.59. The maximum atomic E-state index is 13.1. The van der Waals surface area contributed by atoms with Crippen molar-refractivity contribution in [1.29, 1.82) is 0 Å². The molecule has 4 rings (SSSR count). The molecule has 1 heterocycles. The third-order valence-corrected chi connectivity index (χ3v) is 5.76. The lowest BCUT2D eigenvalue weighted by molar-refractivity contribution is -0.140. The van der Waals surface area contributed by atoms with Gasteiger partial charge in [-0.3, -0.25) is 9.59 Å². The molecule has 1 N–H and O–H groups in total. The fourth-order valence-corrected chi connectivity index (χ4v) is 4.14. The zero-order valence-electron chi connectivity index (χ0n) is 19.0. The van der Waals surface area contributed by atoms with E-state index in [1.807, 2.05) is 37.3 Å². The van der Waals surface area contributed by atoms with Crippen molar-refractivity contribution in [2.24, 2.45) is 0 Å². The first kappa shape index (κ1) is 23.0. The van der Waals surface area contributed by atoms with Gasteiger partial charge in [0.05, 0.1) is 23.8 Å². The number of aliphatic hydroxyl groups is 1. The van der Waals surface area contributed by atoms with Gasteiger partial charge in [0, 0.05) is 12.1 Å². The van der Waals surface area contributed by atoms with Gasteiger partial charge in [0.25, 0.3) is 11.7 Å². The number of nitrogens with zero attached hydrogens (tertiary/aromatic N) is 1. The molecule has 172 valence electrons. The van der Waals surface area contributed by atoms with Crippen LogP contribution in [-0.4, -0.2) is 34.3 Å². The average Bonchev–Trinajstić information content (AvgIpc) is 3.09. The largest absolute Gasteiger partial charge is 0.507 e. The molecule has 1 unspecified atom stereocenters. The number of aliphatic hydroxyl groups excluding tert-OH is 1. The molecule has 1 amide bonds. The number of aryl methyl sites for hydroxylation is 1. The zero-order chi connectivity index (χ0) is 24.2. The summed E-state index contributed by atoms with van der Waals surface area (Å²) in [7, 11) is 0. The monoisotopic (exact) mass is 455 g/mol. The summed E-state index contributed by atoms with van der Waals surface area (Å²) in [5.41, 5.74) is 3.39. The van der Waals surface area contributed by atoms with Crippen LogP contribution in [0, 0.1) is 6.92 Å². The van der Waals surface area contributed by atoms with E-state index >= 15 is 0 Å². The lowest BCUT2D eigenvalue weighted by Gasteiger charge is -2.26. The first-order valence-electron chi connectivity index (χ1n) is 11.1. The normalized spacial score (nSPS) is 17.1. The van der Waals surface area contributed by atoms with Crippen molar-refractivity contribution >= 4 is 23.4 Å². The number of amides is 1. The van der Waals surface area contributed by atoms with Gasteiger partial charge in [-0.25, -0.2) is 4.79 Å². The molecule has 1 atom stereocenters. The number of benzene rings is 3. The van der Waals surface area contributed by atoms with E-state index in [1.54, 1.807) is 55.5 Å². The molecule has 1 aliphatic heterocycles. The first-order valence-corrected chi connectivity index (χ1v) is 11.1. The van der Waals surface area contributed by atoms with Gasteiger partial charge in [-0.1, -0.05) is 72.3 Å². The van der Waals surface area contributed by atoms with Gasteiger partial charge in [-0.05, 0) is 37.1 Å². The Balaban J connectivity index is 1.76. The highest BCUT2D eigenvalue weighted by Gasteiger charge is 2.46. The zero-order valence-corrected chi connectivity index (χ0v) is 19.0. The molecule has 0 spiro atoms. The minimum atomic E-state index is -0.746. The maximum Gasteiger partial charge on any atom is 0.338 e. The molecule has 0 bridgehead atoms. The van der Waals surface area contributed by atoms with Crippen LogP contribution in [0.3, 0.4) is 0 Å². The molecule has 3 aromatic carbocycles. The van der Waals surface area contributed by atoms with E-state index in [4.69, 9.17) is 4.74 Å². The standard InChI is InChI=1S/C28H25NO5/c1-3-34-28(33)21-14-12-19(13-15-21)17-29-24(22-11-7-8-18(2)16-22)23(26(31)27(29)32)25(30)20-9-5-4-6-10-20/h4-16,24,30H,3,17H2,1-2H3/b25-23+. The Morgan fingerprint density at radius 3 is 2.29 bits per heavy atom. The van der Waals surface area contributed by atoms with E-state index in [1.165, 1.54) is 4.90 Å². The minimum Gasteiger partial charge on any atom is -0.507 e. The highest BCUT2D eigenvalue weighted by atomic mass is 16.5. The van der Waals surface area contributed by atoms with Crippen LogP contribution < -0.4 is 0 Å². The molecular weight excluding hydrogens is 430 g/mol. The summed E-state index contributed by atoms with van der Waals surface area (Å²) >= 11 is 0. The van der Waals surface area contributed by atoms with Gasteiger partial charge >= 0.3 is 5.97 Å². The summed E-state index contributed by atoms with van der Waals surface area (Å²) in [6.07, 6.45) is 0. The van der Waals surface area contributed by atoms with Crippen LogP contribution in [0.4, 0.5) is 0 Å². The van der Waals surface area contributed by atoms with Crippen molar-refractivity contribution in [3.8, 4) is 0 Å². The Bertz CT molecular complexity index is 1260. The first-order chi connectivity index (χ1) is 16.4. The third kappa shape index (κ3) is 4.48. The van der Waals surface area contributed by atoms with E-state index in [0.717, 1.165) is 16.7 Å². The summed E-state index contributed by atoms with van der Waals surface area (Å²) in [4.78, 5) is 39.7. The molecule has 3 aromatic rings. The fourth-order valence-electron chi connectivity index (χ4n) is 4.14. The Morgan fingerprint density at radius 2 is 1.65 bits per heavy atom. The Hall–Kier alpha value is -4.19. The van der Waals surface area contributed by atoms with Crippen molar-refractivity contribution in [2.75, 3.05) is 6.61 Å². The number of esters is 1. The van der Waals surface area contributed by atoms with Gasteiger partial charge in [0.15, 0.2) is 0 Å². The molecule has 1 aliphatic rings. The lowest BCUT2D eigenvalue weighted by Crippen LogP contribution is -2.29. The molecule has 0 radical (unpaired) electrons. The van der Waals surface area contributed by atoms with Gasteiger partial charge < -0.3 is 14.7 Å². The lowest BCUT2D eigenvalue weighted by atomic mass is 9.94. The molecule has 0 aliphatic carbocycles. The number of ether oxygens (including phenoxy) is 1. The van der Waals surface area contributed by atoms with Crippen molar-refractivity contribution in [2.45, 2.75) is 26.4 Å². The molecule has 1 saturated heterocycles. The van der Waals surface area contributed by atoms with Gasteiger partial charge in [-0.15, -0.1) is 0 Å². The van der Waals surface area contributed by atoms with Crippen molar-refractivity contribution < 1.29 is 24.2 Å². The smallest absolute Gasteiger partial charge is 0.338 e. The van der Waals surface area contributed by atoms with Gasteiger partial charge in [0.2, 0.25) is 0 Å². The van der Waals surface area contributed by atoms with Crippen LogP contribution in [0.25, 0.3) is 5.76 Å². The number of hydrogen-bond donors (Lipinski definition) is 1. The van der Waals surface area contributed by atoms with Crippen molar-refractivity contribution in [1.82, 2.24) is 4.90 Å². The van der Waals surface area contributed by atoms with Crippen molar-refractivity contribution in [3.05, 3.63) is 112 Å². The Morgan fingerprint density at radius 1 is 0.941 bits per heavy atom. The topological polar surface area (TPSA) is 83.9 Å². The van der Waals surface area contributed by atoms with E-state index in [-0.39, 0.29) is 24.5 Å². The van der Waals surface area contributed by atoms with Crippen molar-refractivity contribution in [3.63, 3.8) is 0 Å². The molecule has 6 heteroatoms. The van der Waals surface area contributed by atoms with Crippen LogP contribution in [0.2, 0.25) is 0 Å². The number of hydrogen-bond acceptors (Lipinski definition) is 5. The summed E-state index contributed by atoms with van der Waals surface area (Å²) in [6.45, 7) is 4.09. The molecule has 1 fully saturated rings. The highest BCUT2D eigenvalue weighted by molar-refractivity contribution is 6.46. The van der Waals surface area contributed by atoms with E-state index in [2.05, 4.69) is 0 Å². The third-order valence-electron chi connectivity index (χ3n) is 5.76. The molecular formula is C28H25NO5. The predicted molar refractivity (Wildman–Crippen MR) is 128 cm³/mol.